The maximum atomic E-state index is 11.7. The molecule has 0 aliphatic rings. The quantitative estimate of drug-likeness (QED) is 0.628. The first-order valence-corrected chi connectivity index (χ1v) is 7.38. The number of carbonyl (C=O) groups excluding carboxylic acids is 1. The van der Waals surface area contributed by atoms with Crippen LogP contribution < -0.4 is 10.7 Å². The van der Waals surface area contributed by atoms with Gasteiger partial charge in [-0.05, 0) is 41.3 Å². The summed E-state index contributed by atoms with van der Waals surface area (Å²) in [6, 6.07) is 14.5. The zero-order chi connectivity index (χ0) is 15.9. The molecule has 4 nitrogen and oxygen atoms in total. The van der Waals surface area contributed by atoms with Gasteiger partial charge in [-0.3, -0.25) is 0 Å². The summed E-state index contributed by atoms with van der Waals surface area (Å²) >= 11 is 5.79. The fraction of sp³-hybridized carbons (Fsp3) is 0.176. The van der Waals surface area contributed by atoms with Crippen LogP contribution in [0.4, 0.5) is 10.5 Å². The largest absolute Gasteiger partial charge is 0.339 e. The average Bonchev–Trinajstić information content (AvgIpc) is 2.50. The normalized spacial score (nSPS) is 10.9. The summed E-state index contributed by atoms with van der Waals surface area (Å²) < 4.78 is 0. The third-order valence-corrected chi connectivity index (χ3v) is 3.34. The van der Waals surface area contributed by atoms with Gasteiger partial charge in [-0.25, -0.2) is 10.2 Å². The second kappa shape index (κ2) is 7.61. The highest BCUT2D eigenvalue weighted by Crippen LogP contribution is 2.16. The van der Waals surface area contributed by atoms with Crippen molar-refractivity contribution in [1.29, 1.82) is 0 Å². The average molecular weight is 316 g/mol. The van der Waals surface area contributed by atoms with E-state index < -0.39 is 0 Å². The molecule has 5 heteroatoms. The van der Waals surface area contributed by atoms with Crippen LogP contribution in [0.15, 0.2) is 53.6 Å². The van der Waals surface area contributed by atoms with E-state index in [9.17, 15) is 4.79 Å². The lowest BCUT2D eigenvalue weighted by Crippen LogP contribution is -2.24. The summed E-state index contributed by atoms with van der Waals surface area (Å²) in [5, 5.41) is 7.26. The smallest absolute Gasteiger partial charge is 0.307 e. The van der Waals surface area contributed by atoms with Crippen molar-refractivity contribution in [3.63, 3.8) is 0 Å². The van der Waals surface area contributed by atoms with Crippen LogP contribution in [0.1, 0.15) is 30.9 Å². The van der Waals surface area contributed by atoms with Crippen LogP contribution in [0, 0.1) is 0 Å². The Balaban J connectivity index is 1.86. The minimum atomic E-state index is -0.387. The van der Waals surface area contributed by atoms with Crippen molar-refractivity contribution >= 4 is 29.5 Å². The standard InChI is InChI=1S/C17H18ClN3O/c1-12(2)14-5-9-16(10-6-14)20-17(22)21-19-11-13-3-7-15(18)8-4-13/h3-12H,1-2H3,(H2,20,21,22). The number of urea groups is 1. The minimum Gasteiger partial charge on any atom is -0.307 e. The number of hydrogen-bond donors (Lipinski definition) is 2. The van der Waals surface area contributed by atoms with E-state index in [0.29, 0.717) is 10.9 Å². The molecular weight excluding hydrogens is 298 g/mol. The lowest BCUT2D eigenvalue weighted by molar-refractivity contribution is 0.252. The molecule has 2 N–H and O–H groups in total. The molecule has 0 aliphatic carbocycles. The van der Waals surface area contributed by atoms with Gasteiger partial charge in [-0.2, -0.15) is 5.10 Å². The van der Waals surface area contributed by atoms with Crippen molar-refractivity contribution in [2.75, 3.05) is 5.32 Å². The van der Waals surface area contributed by atoms with Crippen LogP contribution in [0.25, 0.3) is 0 Å². The third kappa shape index (κ3) is 4.90. The molecule has 0 fully saturated rings. The number of anilines is 1. The molecule has 0 heterocycles. The fourth-order valence-electron chi connectivity index (χ4n) is 1.82. The van der Waals surface area contributed by atoms with E-state index in [1.807, 2.05) is 36.4 Å². The van der Waals surface area contributed by atoms with Gasteiger partial charge < -0.3 is 5.32 Å². The second-order valence-electron chi connectivity index (χ2n) is 5.15. The molecule has 0 aromatic heterocycles. The number of hydrogen-bond acceptors (Lipinski definition) is 2. The Hall–Kier alpha value is -2.33. The lowest BCUT2D eigenvalue weighted by Gasteiger charge is -2.07. The van der Waals surface area contributed by atoms with Gasteiger partial charge in [-0.1, -0.05) is 49.7 Å². The molecule has 114 valence electrons. The van der Waals surface area contributed by atoms with E-state index >= 15 is 0 Å². The number of rotatable bonds is 4. The molecular formula is C17H18ClN3O. The van der Waals surface area contributed by atoms with Gasteiger partial charge in [0.05, 0.1) is 6.21 Å². The van der Waals surface area contributed by atoms with Gasteiger partial charge in [0.15, 0.2) is 0 Å². The first-order chi connectivity index (χ1) is 10.5. The Morgan fingerprint density at radius 3 is 2.32 bits per heavy atom. The van der Waals surface area contributed by atoms with E-state index in [4.69, 9.17) is 11.6 Å². The lowest BCUT2D eigenvalue weighted by atomic mass is 10.0. The maximum absolute atomic E-state index is 11.7. The summed E-state index contributed by atoms with van der Waals surface area (Å²) in [5.74, 6) is 0.465. The summed E-state index contributed by atoms with van der Waals surface area (Å²) in [4.78, 5) is 11.7. The fourth-order valence-corrected chi connectivity index (χ4v) is 1.95. The molecule has 0 unspecified atom stereocenters. The first-order valence-electron chi connectivity index (χ1n) is 7.00. The van der Waals surface area contributed by atoms with Crippen LogP contribution in [0.5, 0.6) is 0 Å². The number of halogens is 1. The zero-order valence-corrected chi connectivity index (χ0v) is 13.3. The topological polar surface area (TPSA) is 53.5 Å². The Morgan fingerprint density at radius 2 is 1.73 bits per heavy atom. The van der Waals surface area contributed by atoms with Crippen molar-refractivity contribution in [3.8, 4) is 0 Å². The molecule has 0 saturated heterocycles. The van der Waals surface area contributed by atoms with E-state index in [-0.39, 0.29) is 6.03 Å². The number of amides is 2. The molecule has 0 spiro atoms. The summed E-state index contributed by atoms with van der Waals surface area (Å²) in [7, 11) is 0. The molecule has 0 atom stereocenters. The number of nitrogens with zero attached hydrogens (tertiary/aromatic N) is 1. The minimum absolute atomic E-state index is 0.387. The molecule has 2 aromatic carbocycles. The Morgan fingerprint density at radius 1 is 1.09 bits per heavy atom. The highest BCUT2D eigenvalue weighted by Gasteiger charge is 2.02. The molecule has 0 bridgehead atoms. The zero-order valence-electron chi connectivity index (χ0n) is 12.5. The van der Waals surface area contributed by atoms with Crippen LogP contribution in [0.2, 0.25) is 5.02 Å². The van der Waals surface area contributed by atoms with Crippen molar-refractivity contribution in [1.82, 2.24) is 5.43 Å². The number of carbonyl (C=O) groups is 1. The summed E-state index contributed by atoms with van der Waals surface area (Å²) in [5.41, 5.74) is 5.22. The van der Waals surface area contributed by atoms with Gasteiger partial charge in [0.25, 0.3) is 0 Å². The highest BCUT2D eigenvalue weighted by molar-refractivity contribution is 6.30. The van der Waals surface area contributed by atoms with Crippen molar-refractivity contribution in [3.05, 3.63) is 64.7 Å². The van der Waals surface area contributed by atoms with E-state index in [0.717, 1.165) is 11.3 Å². The van der Waals surface area contributed by atoms with Crippen LogP contribution in [-0.2, 0) is 0 Å². The van der Waals surface area contributed by atoms with Crippen molar-refractivity contribution in [2.45, 2.75) is 19.8 Å². The molecule has 0 radical (unpaired) electrons. The van der Waals surface area contributed by atoms with Crippen molar-refractivity contribution < 1.29 is 4.79 Å². The summed E-state index contributed by atoms with van der Waals surface area (Å²) in [6.07, 6.45) is 1.55. The van der Waals surface area contributed by atoms with Crippen LogP contribution in [-0.4, -0.2) is 12.2 Å². The molecule has 2 aromatic rings. The van der Waals surface area contributed by atoms with E-state index in [1.165, 1.54) is 5.56 Å². The number of benzene rings is 2. The molecule has 0 saturated carbocycles. The van der Waals surface area contributed by atoms with E-state index in [2.05, 4.69) is 29.7 Å². The molecule has 2 amide bonds. The Kier molecular flexibility index (Phi) is 5.55. The van der Waals surface area contributed by atoms with Gasteiger partial charge in [0.1, 0.15) is 0 Å². The van der Waals surface area contributed by atoms with Gasteiger partial charge in [0, 0.05) is 10.7 Å². The predicted octanol–water partition coefficient (Wildman–Crippen LogP) is 4.62. The molecule has 0 aliphatic heterocycles. The predicted molar refractivity (Wildman–Crippen MR) is 91.7 cm³/mol. The number of nitrogens with one attached hydrogen (secondary N) is 2. The first kappa shape index (κ1) is 16.0. The monoisotopic (exact) mass is 315 g/mol. The Bertz CT molecular complexity index is 649. The Labute approximate surface area is 135 Å². The SMILES string of the molecule is CC(C)c1ccc(NC(=O)NN=Cc2ccc(Cl)cc2)cc1. The van der Waals surface area contributed by atoms with E-state index in [1.54, 1.807) is 18.3 Å². The maximum Gasteiger partial charge on any atom is 0.339 e. The van der Waals surface area contributed by atoms with Crippen molar-refractivity contribution in [2.24, 2.45) is 5.10 Å². The second-order valence-corrected chi connectivity index (χ2v) is 5.59. The van der Waals surface area contributed by atoms with Gasteiger partial charge >= 0.3 is 6.03 Å². The molecule has 22 heavy (non-hydrogen) atoms. The molecule has 2 rings (SSSR count). The van der Waals surface area contributed by atoms with Gasteiger partial charge in [-0.15, -0.1) is 0 Å². The van der Waals surface area contributed by atoms with Crippen LogP contribution >= 0.6 is 11.6 Å². The summed E-state index contributed by atoms with van der Waals surface area (Å²) in [6.45, 7) is 4.25. The third-order valence-electron chi connectivity index (χ3n) is 3.08. The number of hydrazone groups is 1. The highest BCUT2D eigenvalue weighted by atomic mass is 35.5. The van der Waals surface area contributed by atoms with Crippen LogP contribution in [0.3, 0.4) is 0 Å². The van der Waals surface area contributed by atoms with Gasteiger partial charge in [0.2, 0.25) is 0 Å².